The van der Waals surface area contributed by atoms with Gasteiger partial charge in [-0.1, -0.05) is 6.58 Å². The minimum Gasteiger partial charge on any atom is -0.464 e. The summed E-state index contributed by atoms with van der Waals surface area (Å²) in [7, 11) is 0. The number of benzene rings is 1. The van der Waals surface area contributed by atoms with E-state index in [0.29, 0.717) is 6.54 Å². The maximum absolute atomic E-state index is 12.7. The number of carbonyl (C=O) groups excluding carboxylic acids is 6. The molecule has 7 N–H and O–H groups in total. The average molecular weight is 625 g/mol. The smallest absolute Gasteiger partial charge is 0.311 e. The number of rotatable bonds is 22. The van der Waals surface area contributed by atoms with Crippen molar-refractivity contribution in [3.8, 4) is 17.2 Å². The number of esters is 5. The van der Waals surface area contributed by atoms with Crippen LogP contribution in [0.4, 0.5) is 0 Å². The summed E-state index contributed by atoms with van der Waals surface area (Å²) in [6.07, 6.45) is -1.62. The van der Waals surface area contributed by atoms with Crippen LogP contribution in [0.2, 0.25) is 0 Å². The molecule has 0 spiro atoms. The summed E-state index contributed by atoms with van der Waals surface area (Å²) in [6, 6.07) is 2.35. The van der Waals surface area contributed by atoms with E-state index >= 15 is 0 Å². The molecular formula is C28H40N4O12. The van der Waals surface area contributed by atoms with Gasteiger partial charge < -0.3 is 50.9 Å². The molecule has 0 fully saturated rings. The predicted molar refractivity (Wildman–Crippen MR) is 153 cm³/mol. The zero-order valence-corrected chi connectivity index (χ0v) is 24.7. The Morgan fingerprint density at radius 2 is 1.09 bits per heavy atom. The zero-order chi connectivity index (χ0) is 32.9. The molecule has 1 aromatic carbocycles. The van der Waals surface area contributed by atoms with Crippen LogP contribution < -0.4 is 36.7 Å². The maximum Gasteiger partial charge on any atom is 0.311 e. The molecule has 0 bridgehead atoms. The summed E-state index contributed by atoms with van der Waals surface area (Å²) in [5, 5.41) is 2.77. The van der Waals surface area contributed by atoms with E-state index in [-0.39, 0.29) is 93.8 Å². The van der Waals surface area contributed by atoms with Gasteiger partial charge in [-0.25, -0.2) is 0 Å². The van der Waals surface area contributed by atoms with E-state index in [9.17, 15) is 28.8 Å². The number of nitrogens with one attached hydrogen (secondary N) is 1. The Balaban J connectivity index is 3.19. The van der Waals surface area contributed by atoms with Gasteiger partial charge in [-0.2, -0.15) is 0 Å². The highest BCUT2D eigenvalue weighted by molar-refractivity contribution is 5.96. The lowest BCUT2D eigenvalue weighted by Gasteiger charge is -2.18. The third-order valence-corrected chi connectivity index (χ3v) is 5.24. The van der Waals surface area contributed by atoms with Crippen LogP contribution >= 0.6 is 0 Å². The van der Waals surface area contributed by atoms with Gasteiger partial charge in [-0.15, -0.1) is 0 Å². The Morgan fingerprint density at radius 3 is 1.52 bits per heavy atom. The molecule has 0 atom stereocenters. The molecule has 1 rings (SSSR count). The lowest BCUT2D eigenvalue weighted by atomic mass is 10.1. The topological polar surface area (TPSA) is 248 Å². The van der Waals surface area contributed by atoms with Crippen molar-refractivity contribution in [1.82, 2.24) is 5.32 Å². The Morgan fingerprint density at radius 1 is 0.659 bits per heavy atom. The lowest BCUT2D eigenvalue weighted by molar-refractivity contribution is -0.146. The Kier molecular flexibility index (Phi) is 18.3. The highest BCUT2D eigenvalue weighted by Gasteiger charge is 2.24. The second-order valence-corrected chi connectivity index (χ2v) is 8.89. The molecule has 244 valence electrons. The van der Waals surface area contributed by atoms with Gasteiger partial charge in [0, 0.05) is 38.3 Å². The Labute approximate surface area is 254 Å². The van der Waals surface area contributed by atoms with Crippen molar-refractivity contribution in [2.75, 3.05) is 46.1 Å². The average Bonchev–Trinajstić information content (AvgIpc) is 2.99. The monoisotopic (exact) mass is 624 g/mol. The Hall–Kier alpha value is -4.38. The number of hydrogen-bond acceptors (Lipinski definition) is 16. The van der Waals surface area contributed by atoms with Crippen LogP contribution in [0.15, 0.2) is 24.5 Å². The summed E-state index contributed by atoms with van der Waals surface area (Å²) in [4.78, 5) is 73.1. The van der Waals surface area contributed by atoms with E-state index in [1.165, 1.54) is 19.1 Å². The molecule has 0 aromatic heterocycles. The first-order valence-corrected chi connectivity index (χ1v) is 13.7. The van der Waals surface area contributed by atoms with Crippen molar-refractivity contribution in [2.24, 2.45) is 17.2 Å². The van der Waals surface area contributed by atoms with Gasteiger partial charge in [0.2, 0.25) is 5.75 Å². The van der Waals surface area contributed by atoms with E-state index in [2.05, 4.69) is 11.9 Å². The van der Waals surface area contributed by atoms with Crippen molar-refractivity contribution in [3.05, 3.63) is 30.0 Å². The Bertz CT molecular complexity index is 1170. The SMILES string of the molecule is C=C(CCC(=O)OCCN)Oc1c(OC(=O)CCC(=O)OCCN)cc(C(C)=O)cc1OC(=O)CCC(=O)OCCNCN. The quantitative estimate of drug-likeness (QED) is 0.0252. The van der Waals surface area contributed by atoms with Gasteiger partial charge in [-0.3, -0.25) is 28.8 Å². The molecule has 0 aliphatic heterocycles. The molecule has 0 aliphatic rings. The molecule has 16 heteroatoms. The summed E-state index contributed by atoms with van der Waals surface area (Å²) < 4.78 is 31.2. The number of nitrogens with two attached hydrogens (primary N) is 3. The molecule has 1 aromatic rings. The summed E-state index contributed by atoms with van der Waals surface area (Å²) in [6.45, 7) is 5.80. The molecule has 0 saturated carbocycles. The van der Waals surface area contributed by atoms with Gasteiger partial charge >= 0.3 is 29.8 Å². The summed E-state index contributed by atoms with van der Waals surface area (Å²) in [5.74, 6) is -5.20. The molecule has 44 heavy (non-hydrogen) atoms. The molecule has 0 heterocycles. The summed E-state index contributed by atoms with van der Waals surface area (Å²) in [5.41, 5.74) is 15.9. The van der Waals surface area contributed by atoms with Crippen LogP contribution in [0.25, 0.3) is 0 Å². The van der Waals surface area contributed by atoms with Gasteiger partial charge in [-0.05, 0) is 19.1 Å². The molecule has 0 saturated heterocycles. The van der Waals surface area contributed by atoms with E-state index in [1.807, 2.05) is 0 Å². The minimum atomic E-state index is -0.902. The van der Waals surface area contributed by atoms with Gasteiger partial charge in [0.05, 0.1) is 37.9 Å². The number of hydrogen-bond donors (Lipinski definition) is 4. The highest BCUT2D eigenvalue weighted by atomic mass is 16.6. The molecule has 0 aliphatic carbocycles. The highest BCUT2D eigenvalue weighted by Crippen LogP contribution is 2.41. The normalized spacial score (nSPS) is 10.4. The maximum atomic E-state index is 12.7. The van der Waals surface area contributed by atoms with Crippen molar-refractivity contribution in [3.63, 3.8) is 0 Å². The van der Waals surface area contributed by atoms with Crippen LogP contribution in [0, 0.1) is 0 Å². The minimum absolute atomic E-state index is 0.0140. The van der Waals surface area contributed by atoms with Gasteiger partial charge in [0.15, 0.2) is 17.3 Å². The standard InChI is InChI=1S/C28H40N4O12/c1-18(3-4-23(34)39-12-9-29)42-28-21(43-26(37)7-5-24(35)40-13-10-30)15-20(19(2)33)16-22(28)44-27(38)8-6-25(36)41-14-11-32-17-31/h15-16,32H,1,3-14,17,29-31H2,2H3. The van der Waals surface area contributed by atoms with Crippen LogP contribution in [-0.4, -0.2) is 81.8 Å². The zero-order valence-electron chi connectivity index (χ0n) is 24.7. The molecule has 0 radical (unpaired) electrons. The van der Waals surface area contributed by atoms with Crippen LogP contribution in [0.5, 0.6) is 17.2 Å². The third-order valence-electron chi connectivity index (χ3n) is 5.24. The van der Waals surface area contributed by atoms with Gasteiger partial charge in [0.1, 0.15) is 19.8 Å². The van der Waals surface area contributed by atoms with Crippen LogP contribution in [0.3, 0.4) is 0 Å². The second kappa shape index (κ2) is 21.3. The van der Waals surface area contributed by atoms with E-state index < -0.39 is 48.5 Å². The largest absolute Gasteiger partial charge is 0.464 e. The second-order valence-electron chi connectivity index (χ2n) is 8.89. The number of carbonyl (C=O) groups is 6. The van der Waals surface area contributed by atoms with Crippen LogP contribution in [0.1, 0.15) is 55.8 Å². The number of ether oxygens (including phenoxy) is 6. The van der Waals surface area contributed by atoms with Crippen molar-refractivity contribution in [1.29, 1.82) is 0 Å². The first-order chi connectivity index (χ1) is 21.0. The predicted octanol–water partition coefficient (Wildman–Crippen LogP) is -0.0141. The first-order valence-electron chi connectivity index (χ1n) is 13.7. The van der Waals surface area contributed by atoms with E-state index in [1.54, 1.807) is 0 Å². The van der Waals surface area contributed by atoms with Crippen molar-refractivity contribution < 1.29 is 57.2 Å². The number of ketones is 1. The van der Waals surface area contributed by atoms with Crippen molar-refractivity contribution in [2.45, 2.75) is 45.4 Å². The summed E-state index contributed by atoms with van der Waals surface area (Å²) >= 11 is 0. The first kappa shape index (κ1) is 37.6. The van der Waals surface area contributed by atoms with Crippen molar-refractivity contribution >= 4 is 35.6 Å². The number of Topliss-reactive ketones (excluding diaryl/α,β-unsaturated/α-hetero) is 1. The molecular weight excluding hydrogens is 584 g/mol. The van der Waals surface area contributed by atoms with Gasteiger partial charge in [0.25, 0.3) is 0 Å². The van der Waals surface area contributed by atoms with Crippen LogP contribution in [-0.2, 0) is 38.2 Å². The fourth-order valence-corrected chi connectivity index (χ4v) is 3.13. The van der Waals surface area contributed by atoms with E-state index in [0.717, 1.165) is 0 Å². The fraction of sp³-hybridized carbons (Fsp3) is 0.500. The lowest BCUT2D eigenvalue weighted by Crippen LogP contribution is -2.27. The molecule has 0 amide bonds. The fourth-order valence-electron chi connectivity index (χ4n) is 3.13. The third kappa shape index (κ3) is 15.7. The molecule has 0 unspecified atom stereocenters. The molecule has 16 nitrogen and oxygen atoms in total. The number of allylic oxidation sites excluding steroid dienone is 1. The van der Waals surface area contributed by atoms with E-state index in [4.69, 9.17) is 45.6 Å².